The molecule has 4 aliphatic heterocycles. The normalized spacial score (nSPS) is 22.4. The smallest absolute Gasteiger partial charge is 0.139 e. The maximum atomic E-state index is 7.77. The molecular weight excluding hydrogens is 583 g/mol. The zero-order chi connectivity index (χ0) is 37.7. The predicted octanol–water partition coefficient (Wildman–Crippen LogP) is 8.02. The molecule has 4 aromatic rings. The first kappa shape index (κ1) is 20.5. The molecule has 0 aliphatic carbocycles. The number of rotatable bonds is 1. The molecule has 9 heteroatoms. The third kappa shape index (κ3) is 6.06. The molecule has 44 heavy (non-hydrogen) atoms. The van der Waals surface area contributed by atoms with E-state index >= 15 is 0 Å². The summed E-state index contributed by atoms with van der Waals surface area (Å²) in [5, 5.41) is 8.74. The molecule has 228 valence electrons. The average Bonchev–Trinajstić information content (AvgIpc) is 3.61. The molecule has 2 aromatic carbocycles. The SMILES string of the molecule is [2H]C([2H])([2H])N1CCN(C2=Nc3ccccc3Nc3sc(C)cc32)CC1.[2H]C([2H])([2H])c1cc2c(s1)Nc1ccccc1N=C2C1CCN(C([2H])([2H])[2H])CC1. The van der Waals surface area contributed by atoms with E-state index < -0.39 is 20.8 Å². The highest BCUT2D eigenvalue weighted by molar-refractivity contribution is 7.17. The quantitative estimate of drug-likeness (QED) is 0.223. The zero-order valence-electron chi connectivity index (χ0n) is 33.6. The molecule has 0 unspecified atom stereocenters. The molecule has 2 saturated heterocycles. The monoisotopic (exact) mass is 632 g/mol. The molecule has 0 amide bonds. The maximum absolute atomic E-state index is 7.77. The topological polar surface area (TPSA) is 58.5 Å². The van der Waals surface area contributed by atoms with Crippen molar-refractivity contribution in [2.75, 3.05) is 63.9 Å². The van der Waals surface area contributed by atoms with Gasteiger partial charge in [0.1, 0.15) is 15.8 Å². The number of likely N-dealkylation sites (N-methyl/N-ethyl adjacent to an activating group) is 1. The first-order chi connectivity index (χ1) is 25.0. The van der Waals surface area contributed by atoms with E-state index in [0.717, 1.165) is 55.4 Å². The van der Waals surface area contributed by atoms with Gasteiger partial charge in [0.15, 0.2) is 0 Å². The van der Waals surface area contributed by atoms with Crippen LogP contribution in [0.1, 0.15) is 46.1 Å². The summed E-state index contributed by atoms with van der Waals surface area (Å²) in [5.74, 6) is 1.02. The van der Waals surface area contributed by atoms with Crippen molar-refractivity contribution in [2.45, 2.75) is 26.6 Å². The average molecular weight is 633 g/mol. The minimum Gasteiger partial charge on any atom is -0.353 e. The van der Waals surface area contributed by atoms with E-state index in [4.69, 9.17) is 22.3 Å². The van der Waals surface area contributed by atoms with Crippen LogP contribution in [0.3, 0.4) is 0 Å². The van der Waals surface area contributed by atoms with E-state index in [-0.39, 0.29) is 5.92 Å². The van der Waals surface area contributed by atoms with Gasteiger partial charge in [0.05, 0.1) is 34.0 Å². The van der Waals surface area contributed by atoms with Gasteiger partial charge in [-0.05, 0) is 90.1 Å². The Morgan fingerprint density at radius 3 is 2.00 bits per heavy atom. The molecular formula is C35H41N7S2. The number of piperazine rings is 1. The highest BCUT2D eigenvalue weighted by Gasteiger charge is 2.28. The fourth-order valence-electron chi connectivity index (χ4n) is 6.03. The second-order valence-corrected chi connectivity index (χ2v) is 13.7. The number of piperidine rings is 1. The molecule has 4 aliphatic rings. The lowest BCUT2D eigenvalue weighted by molar-refractivity contribution is 0.216. The predicted molar refractivity (Wildman–Crippen MR) is 189 cm³/mol. The van der Waals surface area contributed by atoms with Crippen LogP contribution in [0.4, 0.5) is 32.8 Å². The van der Waals surface area contributed by atoms with Crippen LogP contribution in [0.25, 0.3) is 0 Å². The van der Waals surface area contributed by atoms with Crippen LogP contribution >= 0.6 is 22.7 Å². The van der Waals surface area contributed by atoms with Crippen LogP contribution in [-0.4, -0.2) is 79.5 Å². The van der Waals surface area contributed by atoms with Gasteiger partial charge in [-0.25, -0.2) is 4.99 Å². The number of benzene rings is 2. The Bertz CT molecular complexity index is 2010. The summed E-state index contributed by atoms with van der Waals surface area (Å²) in [7, 11) is 0. The Labute approximate surface area is 281 Å². The first-order valence-electron chi connectivity index (χ1n) is 19.4. The molecule has 0 spiro atoms. The molecule has 7 nitrogen and oxygen atoms in total. The Morgan fingerprint density at radius 1 is 0.727 bits per heavy atom. The number of hydrogen-bond acceptors (Lipinski definition) is 9. The molecule has 0 bridgehead atoms. The van der Waals surface area contributed by atoms with E-state index in [0.29, 0.717) is 57.0 Å². The van der Waals surface area contributed by atoms with Gasteiger partial charge < -0.3 is 25.3 Å². The lowest BCUT2D eigenvalue weighted by Gasteiger charge is -2.34. The highest BCUT2D eigenvalue weighted by Crippen LogP contribution is 2.41. The van der Waals surface area contributed by atoms with Crippen molar-refractivity contribution in [1.29, 1.82) is 0 Å². The van der Waals surface area contributed by atoms with E-state index in [1.165, 1.54) is 21.1 Å². The highest BCUT2D eigenvalue weighted by atomic mass is 32.1. The van der Waals surface area contributed by atoms with E-state index in [1.807, 2.05) is 48.5 Å². The number of nitrogens with one attached hydrogen (secondary N) is 2. The van der Waals surface area contributed by atoms with Crippen LogP contribution in [0.5, 0.6) is 0 Å². The van der Waals surface area contributed by atoms with Gasteiger partial charge in [0.2, 0.25) is 0 Å². The first-order valence-corrected chi connectivity index (χ1v) is 16.6. The number of thiophene rings is 2. The third-order valence-electron chi connectivity index (χ3n) is 8.34. The lowest BCUT2D eigenvalue weighted by Crippen LogP contribution is -2.47. The number of aryl methyl sites for hydroxylation is 2. The van der Waals surface area contributed by atoms with Crippen LogP contribution in [0.2, 0.25) is 0 Å². The number of anilines is 4. The van der Waals surface area contributed by atoms with Crippen molar-refractivity contribution in [2.24, 2.45) is 15.9 Å². The van der Waals surface area contributed by atoms with Crippen LogP contribution in [-0.2, 0) is 0 Å². The number of para-hydroxylation sites is 4. The summed E-state index contributed by atoms with van der Waals surface area (Å²) in [6, 6.07) is 19.6. The minimum absolute atomic E-state index is 0.0874. The summed E-state index contributed by atoms with van der Waals surface area (Å²) >= 11 is 2.96. The Balaban J connectivity index is 0.000000165. The fourth-order valence-corrected chi connectivity index (χ4v) is 7.78. The number of aliphatic imine (C=N–C) groups is 2. The summed E-state index contributed by atoms with van der Waals surface area (Å²) < 4.78 is 68.9. The van der Waals surface area contributed by atoms with Crippen LogP contribution in [0.15, 0.2) is 70.6 Å². The number of likely N-dealkylation sites (tertiary alicyclic amines) is 1. The number of hydrogen-bond donors (Lipinski definition) is 2. The second-order valence-electron chi connectivity index (χ2n) is 11.4. The summed E-state index contributed by atoms with van der Waals surface area (Å²) in [4.78, 5) is 16.7. The van der Waals surface area contributed by atoms with Crippen molar-refractivity contribution in [3.8, 4) is 0 Å². The number of amidine groups is 1. The zero-order valence-corrected chi connectivity index (χ0v) is 26.2. The number of fused-ring (bicyclic) bond motifs is 4. The van der Waals surface area contributed by atoms with E-state index in [1.54, 1.807) is 22.3 Å². The van der Waals surface area contributed by atoms with Crippen molar-refractivity contribution in [3.63, 3.8) is 0 Å². The van der Waals surface area contributed by atoms with Crippen molar-refractivity contribution in [1.82, 2.24) is 14.7 Å². The van der Waals surface area contributed by atoms with Crippen molar-refractivity contribution in [3.05, 3.63) is 81.5 Å². The Morgan fingerprint density at radius 2 is 1.32 bits per heavy atom. The van der Waals surface area contributed by atoms with E-state index in [2.05, 4.69) is 28.5 Å². The largest absolute Gasteiger partial charge is 0.353 e. The van der Waals surface area contributed by atoms with Gasteiger partial charge in [0.25, 0.3) is 0 Å². The minimum atomic E-state index is -2.17. The van der Waals surface area contributed by atoms with Gasteiger partial charge >= 0.3 is 0 Å². The molecule has 2 aromatic heterocycles. The van der Waals surface area contributed by atoms with Crippen LogP contribution in [0, 0.1) is 19.7 Å². The van der Waals surface area contributed by atoms with Gasteiger partial charge in [-0.2, -0.15) is 0 Å². The molecule has 2 fully saturated rings. The lowest BCUT2D eigenvalue weighted by atomic mass is 9.88. The maximum Gasteiger partial charge on any atom is 0.139 e. The molecule has 0 radical (unpaired) electrons. The number of nitrogens with zero attached hydrogens (tertiary/aromatic N) is 5. The third-order valence-corrected chi connectivity index (χ3v) is 10.2. The second kappa shape index (κ2) is 12.5. The molecule has 0 atom stereocenters. The summed E-state index contributed by atoms with van der Waals surface area (Å²) in [6.45, 7) is -0.873. The summed E-state index contributed by atoms with van der Waals surface area (Å²) in [6.07, 6.45) is 1.36. The van der Waals surface area contributed by atoms with Gasteiger partial charge in [-0.15, -0.1) is 22.7 Å². The summed E-state index contributed by atoms with van der Waals surface area (Å²) in [5.41, 5.74) is 6.34. The van der Waals surface area contributed by atoms with Gasteiger partial charge in [0, 0.05) is 59.8 Å². The van der Waals surface area contributed by atoms with Crippen molar-refractivity contribution >= 4 is 67.0 Å². The molecule has 0 saturated carbocycles. The van der Waals surface area contributed by atoms with Gasteiger partial charge in [-0.3, -0.25) is 4.99 Å². The fraction of sp³-hybridized carbons (Fsp3) is 0.371. The Hall–Kier alpha value is -3.50. The van der Waals surface area contributed by atoms with Crippen LogP contribution < -0.4 is 10.6 Å². The Kier molecular flexibility index (Phi) is 5.82. The molecule has 6 heterocycles. The van der Waals surface area contributed by atoms with Crippen molar-refractivity contribution < 1.29 is 12.3 Å². The van der Waals surface area contributed by atoms with E-state index in [9.17, 15) is 0 Å². The molecule has 8 rings (SSSR count). The standard InChI is InChI=1S/C18H21N3S.C17H20N4S/c1-12-11-14-17(13-7-9-21(2)10-8-13)19-15-5-3-4-6-16(15)20-18(14)22-12;1-12-11-13-16(21-9-7-20(2)8-10-21)18-14-5-3-4-6-15(14)19-17(13)22-12/h3-6,11,13,20H,7-10H2,1-2H3;3-6,11,19H,7-10H2,1-2H3/i1D3,2D3;2D3. The molecule has 2 N–H and O–H groups in total. The van der Waals surface area contributed by atoms with Gasteiger partial charge in [-0.1, -0.05) is 24.3 Å².